The van der Waals surface area contributed by atoms with Crippen molar-refractivity contribution in [2.45, 2.75) is 20.3 Å². The molecule has 0 fully saturated rings. The van der Waals surface area contributed by atoms with Crippen molar-refractivity contribution in [2.24, 2.45) is 0 Å². The summed E-state index contributed by atoms with van der Waals surface area (Å²) in [5.74, 6) is -0.979. The molecule has 4 rings (SSSR count). The number of carbonyl (C=O) groups excluding carboxylic acids is 3. The number of allylic oxidation sites excluding steroid dienone is 3. The highest BCUT2D eigenvalue weighted by molar-refractivity contribution is 6.52. The lowest BCUT2D eigenvalue weighted by atomic mass is 9.87. The topological polar surface area (TPSA) is 101 Å². The van der Waals surface area contributed by atoms with E-state index in [0.717, 1.165) is 5.57 Å². The summed E-state index contributed by atoms with van der Waals surface area (Å²) in [6.07, 6.45) is 2.11. The number of rotatable bonds is 5. The van der Waals surface area contributed by atoms with Gasteiger partial charge in [-0.25, -0.2) is 0 Å². The number of aliphatic hydroxyl groups excluding tert-OH is 1. The number of ether oxygens (including phenoxy) is 1. The molecule has 0 radical (unpaired) electrons. The van der Waals surface area contributed by atoms with Gasteiger partial charge in [0, 0.05) is 28.3 Å². The van der Waals surface area contributed by atoms with E-state index in [0.29, 0.717) is 16.9 Å². The van der Waals surface area contributed by atoms with E-state index in [1.807, 2.05) is 26.0 Å². The first-order valence-electron chi connectivity index (χ1n) is 10.9. The van der Waals surface area contributed by atoms with Crippen LogP contribution in [-0.4, -0.2) is 34.7 Å². The molecule has 0 amide bonds. The van der Waals surface area contributed by atoms with Gasteiger partial charge in [-0.2, -0.15) is 0 Å². The molecular weight excluding hydrogens is 444 g/mol. The largest absolute Gasteiger partial charge is 0.507 e. The Labute approximate surface area is 203 Å². The highest BCUT2D eigenvalue weighted by Gasteiger charge is 2.31. The molecule has 3 aromatic carbocycles. The van der Waals surface area contributed by atoms with E-state index in [-0.39, 0.29) is 40.4 Å². The van der Waals surface area contributed by atoms with Crippen LogP contribution in [0.15, 0.2) is 90.0 Å². The Morgan fingerprint density at radius 1 is 0.857 bits per heavy atom. The van der Waals surface area contributed by atoms with Crippen LogP contribution in [0, 0.1) is 0 Å². The second kappa shape index (κ2) is 11.1. The number of aromatic hydroxyl groups is 1. The number of hydrogen-bond acceptors (Lipinski definition) is 6. The van der Waals surface area contributed by atoms with E-state index >= 15 is 0 Å². The van der Waals surface area contributed by atoms with E-state index in [2.05, 4.69) is 0 Å². The summed E-state index contributed by atoms with van der Waals surface area (Å²) in [7, 11) is 1.51. The molecule has 0 aliphatic heterocycles. The number of fused-ring (bicyclic) bond motifs is 1. The van der Waals surface area contributed by atoms with Crippen molar-refractivity contribution < 1.29 is 29.3 Å². The Hall–Kier alpha value is -4.45. The molecule has 0 heterocycles. The normalized spacial score (nSPS) is 12.3. The van der Waals surface area contributed by atoms with Crippen LogP contribution in [0.4, 0.5) is 0 Å². The second-order valence-corrected chi connectivity index (χ2v) is 8.09. The van der Waals surface area contributed by atoms with Gasteiger partial charge in [-0.05, 0) is 32.4 Å². The fraction of sp³-hybridized carbons (Fsp3) is 0.138. The summed E-state index contributed by atoms with van der Waals surface area (Å²) in [6.45, 7) is 3.81. The van der Waals surface area contributed by atoms with Gasteiger partial charge in [0.2, 0.25) is 11.6 Å². The van der Waals surface area contributed by atoms with Crippen LogP contribution >= 0.6 is 0 Å². The Bertz CT molecular complexity index is 1330. The van der Waals surface area contributed by atoms with Crippen LogP contribution in [0.1, 0.15) is 52.1 Å². The minimum Gasteiger partial charge on any atom is -0.507 e. The summed E-state index contributed by atoms with van der Waals surface area (Å²) in [5.41, 5.74) is 2.76. The predicted octanol–water partition coefficient (Wildman–Crippen LogP) is 5.71. The van der Waals surface area contributed by atoms with E-state index in [4.69, 9.17) is 4.74 Å². The van der Waals surface area contributed by atoms with Gasteiger partial charge in [-0.1, -0.05) is 66.2 Å². The summed E-state index contributed by atoms with van der Waals surface area (Å²) in [6, 6.07) is 20.1. The Morgan fingerprint density at radius 2 is 1.49 bits per heavy atom. The van der Waals surface area contributed by atoms with Crippen LogP contribution in [0.3, 0.4) is 0 Å². The van der Waals surface area contributed by atoms with Crippen molar-refractivity contribution >= 4 is 23.1 Å². The standard InChI is InChI=1S/C15H14O3.C14H12O3/c1-9(2)7-8-12-13(16)10-5-3-4-6-11(10)14(17)15(12)18;1-17-11-7-8-12(13(15)9-11)14(16)10-5-3-2-4-6-10/h3-7,16H,8H2,1-2H3;2-9,15H,1H3. The number of hydrogen-bond donors (Lipinski definition) is 2. The number of phenols is 1. The Morgan fingerprint density at radius 3 is 2.09 bits per heavy atom. The van der Waals surface area contributed by atoms with Gasteiger partial charge in [0.05, 0.1) is 12.7 Å². The molecule has 1 aliphatic carbocycles. The molecular formula is C29H26O6. The fourth-order valence-corrected chi connectivity index (χ4v) is 3.49. The zero-order chi connectivity index (χ0) is 25.5. The molecule has 0 aromatic heterocycles. The molecule has 1 aliphatic rings. The number of carbonyl (C=O) groups is 3. The van der Waals surface area contributed by atoms with Crippen LogP contribution in [-0.2, 0) is 4.79 Å². The van der Waals surface area contributed by atoms with Crippen molar-refractivity contribution in [3.63, 3.8) is 0 Å². The maximum Gasteiger partial charge on any atom is 0.234 e. The van der Waals surface area contributed by atoms with Crippen LogP contribution < -0.4 is 4.74 Å². The van der Waals surface area contributed by atoms with E-state index < -0.39 is 11.6 Å². The SMILES string of the molecule is CC(C)=CCC1=C(O)c2ccccc2C(=O)C1=O.COc1ccc(C(=O)c2ccccc2)c(O)c1. The lowest BCUT2D eigenvalue weighted by Crippen LogP contribution is -2.23. The fourth-order valence-electron chi connectivity index (χ4n) is 3.49. The summed E-state index contributed by atoms with van der Waals surface area (Å²) >= 11 is 0. The molecule has 2 N–H and O–H groups in total. The number of aliphatic hydroxyl groups is 1. The highest BCUT2D eigenvalue weighted by atomic mass is 16.5. The molecule has 0 spiro atoms. The predicted molar refractivity (Wildman–Crippen MR) is 134 cm³/mol. The minimum atomic E-state index is -0.608. The number of Topliss-reactive ketones (excluding diaryl/α,β-unsaturated/α-hetero) is 2. The molecule has 6 heteroatoms. The van der Waals surface area contributed by atoms with E-state index in [1.165, 1.54) is 13.2 Å². The molecule has 3 aromatic rings. The molecule has 0 saturated carbocycles. The van der Waals surface area contributed by atoms with Crippen molar-refractivity contribution in [1.82, 2.24) is 0 Å². The Balaban J connectivity index is 0.000000196. The van der Waals surface area contributed by atoms with Gasteiger partial charge in [0.25, 0.3) is 0 Å². The number of methoxy groups -OCH3 is 1. The lowest BCUT2D eigenvalue weighted by Gasteiger charge is -2.16. The average Bonchev–Trinajstić information content (AvgIpc) is 2.87. The molecule has 0 bridgehead atoms. The lowest BCUT2D eigenvalue weighted by molar-refractivity contribution is -0.112. The van der Waals surface area contributed by atoms with Crippen LogP contribution in [0.25, 0.3) is 5.76 Å². The Kier molecular flexibility index (Phi) is 8.00. The molecule has 0 saturated heterocycles. The molecule has 178 valence electrons. The highest BCUT2D eigenvalue weighted by Crippen LogP contribution is 2.29. The maximum atomic E-state index is 12.1. The average molecular weight is 471 g/mol. The zero-order valence-electron chi connectivity index (χ0n) is 19.7. The third kappa shape index (κ3) is 5.73. The van der Waals surface area contributed by atoms with Crippen molar-refractivity contribution in [1.29, 1.82) is 0 Å². The van der Waals surface area contributed by atoms with Crippen LogP contribution in [0.5, 0.6) is 11.5 Å². The summed E-state index contributed by atoms with van der Waals surface area (Å²) in [4.78, 5) is 35.9. The summed E-state index contributed by atoms with van der Waals surface area (Å²) in [5, 5.41) is 19.9. The maximum absolute atomic E-state index is 12.1. The third-order valence-electron chi connectivity index (χ3n) is 5.39. The zero-order valence-corrected chi connectivity index (χ0v) is 19.7. The number of phenolic OH excluding ortho intramolecular Hbond substituents is 1. The molecule has 0 atom stereocenters. The van der Waals surface area contributed by atoms with Gasteiger partial charge in [-0.15, -0.1) is 0 Å². The van der Waals surface area contributed by atoms with Crippen molar-refractivity contribution in [2.75, 3.05) is 7.11 Å². The monoisotopic (exact) mass is 470 g/mol. The minimum absolute atomic E-state index is 0.0711. The van der Waals surface area contributed by atoms with Crippen molar-refractivity contribution in [3.05, 3.63) is 112 Å². The number of ketones is 3. The first-order valence-corrected chi connectivity index (χ1v) is 10.9. The quantitative estimate of drug-likeness (QED) is 0.281. The first kappa shape index (κ1) is 25.2. The van der Waals surface area contributed by atoms with Crippen molar-refractivity contribution in [3.8, 4) is 11.5 Å². The van der Waals surface area contributed by atoms with Gasteiger partial charge in [0.1, 0.15) is 17.3 Å². The number of benzene rings is 3. The van der Waals surface area contributed by atoms with E-state index in [1.54, 1.807) is 60.7 Å². The first-order chi connectivity index (χ1) is 16.7. The van der Waals surface area contributed by atoms with Gasteiger partial charge < -0.3 is 14.9 Å². The van der Waals surface area contributed by atoms with Gasteiger partial charge in [0.15, 0.2) is 5.78 Å². The summed E-state index contributed by atoms with van der Waals surface area (Å²) < 4.78 is 4.96. The molecule has 35 heavy (non-hydrogen) atoms. The smallest absolute Gasteiger partial charge is 0.234 e. The van der Waals surface area contributed by atoms with Gasteiger partial charge >= 0.3 is 0 Å². The molecule has 6 nitrogen and oxygen atoms in total. The molecule has 0 unspecified atom stereocenters. The second-order valence-electron chi connectivity index (χ2n) is 8.09. The van der Waals surface area contributed by atoms with Gasteiger partial charge in [-0.3, -0.25) is 14.4 Å². The van der Waals surface area contributed by atoms with E-state index in [9.17, 15) is 24.6 Å². The van der Waals surface area contributed by atoms with Crippen LogP contribution in [0.2, 0.25) is 0 Å². The third-order valence-corrected chi connectivity index (χ3v) is 5.39.